The Morgan fingerprint density at radius 2 is 1.36 bits per heavy atom. The molecule has 0 unspecified atom stereocenters. The zero-order chi connectivity index (χ0) is 19.2. The molecule has 2 aromatic heterocycles. The molecule has 0 aliphatic carbocycles. The highest BCUT2D eigenvalue weighted by Crippen LogP contribution is 2.16. The smallest absolute Gasteiger partial charge is 0.337 e. The third-order valence-electron chi connectivity index (χ3n) is 4.10. The maximum atomic E-state index is 11.9. The number of hydrogen-bond acceptors (Lipinski definition) is 5. The molecule has 0 spiro atoms. The first-order valence-electron chi connectivity index (χ1n) is 8.31. The lowest BCUT2D eigenvalue weighted by molar-refractivity contribution is -0.688. The molecule has 0 saturated carbocycles. The second-order valence-electron chi connectivity index (χ2n) is 5.90. The van der Waals surface area contributed by atoms with Crippen LogP contribution < -0.4 is 21.5 Å². The lowest BCUT2D eigenvalue weighted by Gasteiger charge is -2.07. The Morgan fingerprint density at radius 1 is 0.857 bits per heavy atom. The Labute approximate surface area is 173 Å². The predicted molar refractivity (Wildman–Crippen MR) is 98.1 cm³/mol. The van der Waals surface area contributed by atoms with E-state index in [4.69, 9.17) is 9.47 Å². The van der Waals surface area contributed by atoms with Crippen LogP contribution in [0.1, 0.15) is 26.3 Å². The number of hydrogen-bond donors (Lipinski definition) is 0. The van der Waals surface area contributed by atoms with Gasteiger partial charge in [-0.3, -0.25) is 4.98 Å². The maximum Gasteiger partial charge on any atom is 0.337 e. The van der Waals surface area contributed by atoms with Crippen LogP contribution in [0.4, 0.5) is 0 Å². The van der Waals surface area contributed by atoms with Crippen LogP contribution in [-0.2, 0) is 16.0 Å². The van der Waals surface area contributed by atoms with Crippen LogP contribution in [0.2, 0.25) is 0 Å². The molecule has 0 atom stereocenters. The molecule has 0 radical (unpaired) electrons. The molecule has 0 amide bonds. The van der Waals surface area contributed by atoms with Crippen molar-refractivity contribution in [1.82, 2.24) is 4.98 Å². The Kier molecular flexibility index (Phi) is 7.40. The number of nitrogens with zero attached hydrogens (tertiary/aromatic N) is 2. The molecule has 144 valence electrons. The van der Waals surface area contributed by atoms with Gasteiger partial charge in [0.15, 0.2) is 18.9 Å². The first kappa shape index (κ1) is 21.2. The summed E-state index contributed by atoms with van der Waals surface area (Å²) in [4.78, 5) is 27.8. The van der Waals surface area contributed by atoms with Crippen molar-refractivity contribution in [2.75, 3.05) is 14.2 Å². The van der Waals surface area contributed by atoms with Crippen molar-refractivity contribution in [3.63, 3.8) is 0 Å². The van der Waals surface area contributed by atoms with E-state index in [1.165, 1.54) is 20.3 Å². The second-order valence-corrected chi connectivity index (χ2v) is 5.90. The summed E-state index contributed by atoms with van der Waals surface area (Å²) >= 11 is 0. The molecule has 0 bridgehead atoms. The zero-order valence-corrected chi connectivity index (χ0v) is 17.0. The van der Waals surface area contributed by atoms with Gasteiger partial charge in [-0.1, -0.05) is 0 Å². The number of carbonyl (C=O) groups excluding carboxylic acids is 2. The van der Waals surface area contributed by atoms with Gasteiger partial charge in [-0.2, -0.15) is 0 Å². The van der Waals surface area contributed by atoms with Crippen molar-refractivity contribution in [2.45, 2.75) is 6.54 Å². The van der Waals surface area contributed by atoms with Crippen molar-refractivity contribution in [3.8, 4) is 11.1 Å². The van der Waals surface area contributed by atoms with Gasteiger partial charge in [0.1, 0.15) is 0 Å². The Morgan fingerprint density at radius 3 is 1.86 bits per heavy atom. The summed E-state index contributed by atoms with van der Waals surface area (Å²) in [5, 5.41) is 0. The summed E-state index contributed by atoms with van der Waals surface area (Å²) in [6, 6.07) is 12.8. The van der Waals surface area contributed by atoms with Crippen LogP contribution in [0.3, 0.4) is 0 Å². The van der Waals surface area contributed by atoms with E-state index < -0.39 is 11.9 Å². The summed E-state index contributed by atoms with van der Waals surface area (Å²) in [5.74, 6) is -1.000. The minimum atomic E-state index is -0.500. The fraction of sp³-hybridized carbons (Fsp3) is 0.143. The molecule has 0 fully saturated rings. The molecule has 6 nitrogen and oxygen atoms in total. The molecule has 1 aromatic carbocycles. The third kappa shape index (κ3) is 5.01. The molecule has 0 N–H and O–H groups in total. The van der Waals surface area contributed by atoms with Gasteiger partial charge in [-0.25, -0.2) is 14.2 Å². The van der Waals surface area contributed by atoms with Crippen molar-refractivity contribution in [1.29, 1.82) is 0 Å². The quantitative estimate of drug-likeness (QED) is 0.399. The molecule has 2 heterocycles. The van der Waals surface area contributed by atoms with Crippen molar-refractivity contribution in [3.05, 3.63) is 83.9 Å². The predicted octanol–water partition coefficient (Wildman–Crippen LogP) is -0.338. The minimum Gasteiger partial charge on any atom is -1.00 e. The number of methoxy groups -OCH3 is 2. The zero-order valence-electron chi connectivity index (χ0n) is 15.5. The second kappa shape index (κ2) is 9.75. The lowest BCUT2D eigenvalue weighted by atomic mass is 10.0. The van der Waals surface area contributed by atoms with Crippen molar-refractivity contribution >= 4 is 11.9 Å². The first-order chi connectivity index (χ1) is 13.1. The van der Waals surface area contributed by atoms with E-state index in [0.29, 0.717) is 17.7 Å². The molecule has 3 aromatic rings. The lowest BCUT2D eigenvalue weighted by Crippen LogP contribution is -3.00. The van der Waals surface area contributed by atoms with Crippen LogP contribution in [0.15, 0.2) is 67.3 Å². The molecule has 0 aliphatic heterocycles. The van der Waals surface area contributed by atoms with E-state index in [1.54, 1.807) is 24.5 Å². The summed E-state index contributed by atoms with van der Waals surface area (Å²) in [7, 11) is 2.61. The number of carbonyl (C=O) groups is 2. The van der Waals surface area contributed by atoms with Crippen LogP contribution in [0.25, 0.3) is 11.1 Å². The number of halogens is 1. The Balaban J connectivity index is 0.00000280. The molecule has 0 saturated heterocycles. The van der Waals surface area contributed by atoms with Crippen LogP contribution in [0, 0.1) is 0 Å². The van der Waals surface area contributed by atoms with E-state index in [2.05, 4.69) is 4.98 Å². The van der Waals surface area contributed by atoms with E-state index in [0.717, 1.165) is 16.7 Å². The minimum absolute atomic E-state index is 0. The summed E-state index contributed by atoms with van der Waals surface area (Å²) in [6.07, 6.45) is 7.39. The largest absolute Gasteiger partial charge is 1.00 e. The summed E-state index contributed by atoms with van der Waals surface area (Å²) in [5.41, 5.74) is 3.57. The third-order valence-corrected chi connectivity index (χ3v) is 4.10. The Bertz CT molecular complexity index is 926. The van der Waals surface area contributed by atoms with E-state index in [9.17, 15) is 9.59 Å². The molecule has 28 heavy (non-hydrogen) atoms. The number of ether oxygens (including phenoxy) is 2. The van der Waals surface area contributed by atoms with E-state index >= 15 is 0 Å². The van der Waals surface area contributed by atoms with Gasteiger partial charge in [0.25, 0.3) is 0 Å². The number of aromatic nitrogens is 2. The molecule has 3 rings (SSSR count). The molecule has 7 heteroatoms. The average molecular weight is 443 g/mol. The summed E-state index contributed by atoms with van der Waals surface area (Å²) < 4.78 is 11.5. The van der Waals surface area contributed by atoms with Gasteiger partial charge in [-0.15, -0.1) is 0 Å². The number of pyridine rings is 2. The van der Waals surface area contributed by atoms with Gasteiger partial charge < -0.3 is 26.5 Å². The maximum absolute atomic E-state index is 11.9. The topological polar surface area (TPSA) is 69.4 Å². The van der Waals surface area contributed by atoms with Gasteiger partial charge in [0.05, 0.1) is 25.3 Å². The van der Waals surface area contributed by atoms with Crippen LogP contribution >= 0.6 is 0 Å². The highest BCUT2D eigenvalue weighted by molar-refractivity contribution is 5.95. The van der Waals surface area contributed by atoms with Crippen molar-refractivity contribution < 1.29 is 40.6 Å². The van der Waals surface area contributed by atoms with Gasteiger partial charge >= 0.3 is 11.9 Å². The molecular weight excluding hydrogens is 424 g/mol. The standard InChI is InChI=1S/C21H19N2O4.BrH/c1-26-20(24)18-11-15(12-19(13-18)21(25)27-2)14-23-9-5-17(6-10-23)16-3-7-22-8-4-16;/h3-13H,14H2,1-2H3;1H/q+1;/p-1. The monoisotopic (exact) mass is 442 g/mol. The van der Waals surface area contributed by atoms with Crippen LogP contribution in [0.5, 0.6) is 0 Å². The Hall–Kier alpha value is -3.06. The number of esters is 2. The molecular formula is C21H19BrN2O4. The highest BCUT2D eigenvalue weighted by atomic mass is 79.9. The fourth-order valence-corrected chi connectivity index (χ4v) is 2.77. The summed E-state index contributed by atoms with van der Waals surface area (Å²) in [6.45, 7) is 0.492. The van der Waals surface area contributed by atoms with Gasteiger partial charge in [0, 0.05) is 30.1 Å². The van der Waals surface area contributed by atoms with Crippen LogP contribution in [-0.4, -0.2) is 31.1 Å². The normalized spacial score (nSPS) is 9.93. The van der Waals surface area contributed by atoms with Gasteiger partial charge in [0.2, 0.25) is 0 Å². The fourth-order valence-electron chi connectivity index (χ4n) is 2.77. The SMILES string of the molecule is COC(=O)c1cc(C[n+]2ccc(-c3ccncc3)cc2)cc(C(=O)OC)c1.[Br-]. The number of benzene rings is 1. The van der Waals surface area contributed by atoms with E-state index in [-0.39, 0.29) is 17.0 Å². The molecule has 0 aliphatic rings. The first-order valence-corrected chi connectivity index (χ1v) is 8.31. The highest BCUT2D eigenvalue weighted by Gasteiger charge is 2.15. The van der Waals surface area contributed by atoms with Crippen molar-refractivity contribution in [2.24, 2.45) is 0 Å². The van der Waals surface area contributed by atoms with Gasteiger partial charge in [-0.05, 0) is 41.5 Å². The average Bonchev–Trinajstić information content (AvgIpc) is 2.73. The number of rotatable bonds is 5. The van der Waals surface area contributed by atoms with E-state index in [1.807, 2.05) is 41.2 Å².